The molecule has 0 fully saturated rings. The van der Waals surface area contributed by atoms with Gasteiger partial charge in [-0.1, -0.05) is 6.92 Å². The van der Waals surface area contributed by atoms with E-state index in [1.54, 1.807) is 20.8 Å². The van der Waals surface area contributed by atoms with Gasteiger partial charge in [0.25, 0.3) is 0 Å². The van der Waals surface area contributed by atoms with Crippen molar-refractivity contribution >= 4 is 31.6 Å². The van der Waals surface area contributed by atoms with Gasteiger partial charge in [-0.05, 0) is 19.8 Å². The summed E-state index contributed by atoms with van der Waals surface area (Å²) < 4.78 is 50.2. The lowest BCUT2D eigenvalue weighted by Gasteiger charge is -2.25. The van der Waals surface area contributed by atoms with Crippen molar-refractivity contribution in [2.75, 3.05) is 24.4 Å². The lowest BCUT2D eigenvalue weighted by molar-refractivity contribution is 0.445. The van der Waals surface area contributed by atoms with E-state index in [9.17, 15) is 16.8 Å². The molecule has 0 spiro atoms. The lowest BCUT2D eigenvalue weighted by atomic mass is 10.1. The number of sulfonamides is 2. The minimum Gasteiger partial charge on any atom is -0.213 e. The first-order chi connectivity index (χ1) is 7.87. The highest BCUT2D eigenvalue weighted by atomic mass is 35.5. The molecule has 0 radical (unpaired) electrons. The summed E-state index contributed by atoms with van der Waals surface area (Å²) in [4.78, 5) is 0. The molecule has 0 aromatic carbocycles. The van der Waals surface area contributed by atoms with Gasteiger partial charge in [-0.3, -0.25) is 0 Å². The highest BCUT2D eigenvalue weighted by Crippen LogP contribution is 2.06. The monoisotopic (exact) mass is 320 g/mol. The van der Waals surface area contributed by atoms with Crippen LogP contribution in [0, 0.1) is 5.92 Å². The second kappa shape index (κ2) is 6.51. The van der Waals surface area contributed by atoms with Gasteiger partial charge in [0.05, 0.1) is 12.0 Å². The minimum absolute atomic E-state index is 0.0165. The van der Waals surface area contributed by atoms with Crippen LogP contribution < -0.4 is 9.44 Å². The standard InChI is InChI=1S/C9H21ClN2O4S2/c1-8(5-10)6-18(15,16)11-7-9(2,3)12-17(4,13)14/h8,11-12H,5-7H2,1-4H3. The van der Waals surface area contributed by atoms with Gasteiger partial charge in [-0.15, -0.1) is 11.6 Å². The first-order valence-electron chi connectivity index (χ1n) is 5.39. The largest absolute Gasteiger partial charge is 0.213 e. The summed E-state index contributed by atoms with van der Waals surface area (Å²) in [5.41, 5.74) is -0.884. The van der Waals surface area contributed by atoms with Gasteiger partial charge in [0.1, 0.15) is 0 Å². The fourth-order valence-corrected chi connectivity index (χ4v) is 4.19. The fraction of sp³-hybridized carbons (Fsp3) is 1.00. The van der Waals surface area contributed by atoms with Crippen LogP contribution in [0.25, 0.3) is 0 Å². The predicted molar refractivity (Wildman–Crippen MR) is 73.7 cm³/mol. The van der Waals surface area contributed by atoms with E-state index in [0.29, 0.717) is 0 Å². The number of halogens is 1. The maximum atomic E-state index is 11.7. The molecule has 18 heavy (non-hydrogen) atoms. The van der Waals surface area contributed by atoms with E-state index in [4.69, 9.17) is 11.6 Å². The predicted octanol–water partition coefficient (Wildman–Crippen LogP) is 0.109. The van der Waals surface area contributed by atoms with Crippen molar-refractivity contribution < 1.29 is 16.8 Å². The quantitative estimate of drug-likeness (QED) is 0.621. The third kappa shape index (κ3) is 9.09. The van der Waals surface area contributed by atoms with Crippen LogP contribution in [0.3, 0.4) is 0 Å². The summed E-state index contributed by atoms with van der Waals surface area (Å²) in [5.74, 6) is 0.0207. The number of nitrogens with one attached hydrogen (secondary N) is 2. The zero-order valence-corrected chi connectivity index (χ0v) is 13.4. The summed E-state index contributed by atoms with van der Waals surface area (Å²) in [7, 11) is -6.83. The Bertz CT molecular complexity index is 459. The average Bonchev–Trinajstić information content (AvgIpc) is 2.11. The van der Waals surface area contributed by atoms with Crippen LogP contribution in [0.5, 0.6) is 0 Å². The lowest BCUT2D eigenvalue weighted by Crippen LogP contribution is -2.51. The van der Waals surface area contributed by atoms with E-state index in [1.165, 1.54) is 0 Å². The Labute approximate surface area is 115 Å². The Hall–Kier alpha value is 0.110. The van der Waals surface area contributed by atoms with Gasteiger partial charge in [-0.2, -0.15) is 0 Å². The molecule has 6 nitrogen and oxygen atoms in total. The van der Waals surface area contributed by atoms with Crippen LogP contribution >= 0.6 is 11.6 Å². The Morgan fingerprint density at radius 3 is 2.11 bits per heavy atom. The normalized spacial score (nSPS) is 15.6. The first-order valence-corrected chi connectivity index (χ1v) is 9.47. The van der Waals surface area contributed by atoms with E-state index in [-0.39, 0.29) is 24.1 Å². The molecule has 0 bridgehead atoms. The Kier molecular flexibility index (Phi) is 6.55. The Balaban J connectivity index is 4.48. The van der Waals surface area contributed by atoms with Crippen molar-refractivity contribution in [2.24, 2.45) is 5.92 Å². The van der Waals surface area contributed by atoms with E-state index >= 15 is 0 Å². The van der Waals surface area contributed by atoms with Crippen molar-refractivity contribution in [1.29, 1.82) is 0 Å². The molecule has 0 aliphatic heterocycles. The molecule has 1 unspecified atom stereocenters. The van der Waals surface area contributed by atoms with Crippen LogP contribution in [0.15, 0.2) is 0 Å². The van der Waals surface area contributed by atoms with Crippen molar-refractivity contribution in [1.82, 2.24) is 9.44 Å². The molecule has 1 atom stereocenters. The molecular formula is C9H21ClN2O4S2. The zero-order valence-electron chi connectivity index (χ0n) is 11.0. The molecule has 0 saturated carbocycles. The van der Waals surface area contributed by atoms with Crippen LogP contribution in [-0.4, -0.2) is 46.8 Å². The van der Waals surface area contributed by atoms with E-state index in [1.807, 2.05) is 0 Å². The third-order valence-electron chi connectivity index (χ3n) is 1.96. The average molecular weight is 321 g/mol. The van der Waals surface area contributed by atoms with Gasteiger partial charge in [0.2, 0.25) is 20.0 Å². The van der Waals surface area contributed by atoms with Crippen LogP contribution in [0.2, 0.25) is 0 Å². The van der Waals surface area contributed by atoms with E-state index in [0.717, 1.165) is 6.26 Å². The SMILES string of the molecule is CC(CCl)CS(=O)(=O)NCC(C)(C)NS(C)(=O)=O. The smallest absolute Gasteiger partial charge is 0.211 e. The van der Waals surface area contributed by atoms with Crippen molar-refractivity contribution in [3.63, 3.8) is 0 Å². The topological polar surface area (TPSA) is 92.3 Å². The molecule has 2 N–H and O–H groups in total. The molecule has 0 heterocycles. The van der Waals surface area contributed by atoms with Crippen LogP contribution in [0.4, 0.5) is 0 Å². The van der Waals surface area contributed by atoms with Crippen molar-refractivity contribution in [2.45, 2.75) is 26.3 Å². The summed E-state index contributed by atoms with van der Waals surface area (Å²) in [6, 6.07) is 0. The summed E-state index contributed by atoms with van der Waals surface area (Å²) >= 11 is 5.55. The molecule has 0 saturated heterocycles. The fourth-order valence-electron chi connectivity index (χ4n) is 1.31. The molecule has 0 aliphatic carbocycles. The molecular weight excluding hydrogens is 300 g/mol. The second-order valence-corrected chi connectivity index (χ2v) is 9.03. The third-order valence-corrected chi connectivity index (χ3v) is 5.01. The van der Waals surface area contributed by atoms with Crippen LogP contribution in [0.1, 0.15) is 20.8 Å². The molecule has 0 aromatic heterocycles. The van der Waals surface area contributed by atoms with Gasteiger partial charge < -0.3 is 0 Å². The van der Waals surface area contributed by atoms with Gasteiger partial charge in [-0.25, -0.2) is 26.3 Å². The Morgan fingerprint density at radius 1 is 1.22 bits per heavy atom. The highest BCUT2D eigenvalue weighted by Gasteiger charge is 2.25. The molecule has 110 valence electrons. The zero-order chi connectivity index (χ0) is 14.6. The summed E-state index contributed by atoms with van der Waals surface area (Å²) in [6.07, 6.45) is 1.03. The maximum absolute atomic E-state index is 11.7. The van der Waals surface area contributed by atoms with Crippen LogP contribution in [-0.2, 0) is 20.0 Å². The van der Waals surface area contributed by atoms with Gasteiger partial charge in [0, 0.05) is 18.0 Å². The number of rotatable bonds is 8. The molecule has 0 aromatic rings. The van der Waals surface area contributed by atoms with Crippen molar-refractivity contribution in [3.8, 4) is 0 Å². The summed E-state index contributed by atoms with van der Waals surface area (Å²) in [5, 5.41) is 0. The van der Waals surface area contributed by atoms with Gasteiger partial charge >= 0.3 is 0 Å². The maximum Gasteiger partial charge on any atom is 0.211 e. The molecule has 0 amide bonds. The number of alkyl halides is 1. The van der Waals surface area contributed by atoms with E-state index < -0.39 is 25.6 Å². The number of hydrogen-bond donors (Lipinski definition) is 2. The highest BCUT2D eigenvalue weighted by molar-refractivity contribution is 7.89. The molecule has 0 rings (SSSR count). The first kappa shape index (κ1) is 18.1. The number of hydrogen-bond acceptors (Lipinski definition) is 4. The van der Waals surface area contributed by atoms with Gasteiger partial charge in [0.15, 0.2) is 0 Å². The molecule has 9 heteroatoms. The second-order valence-electron chi connectivity index (χ2n) is 5.12. The minimum atomic E-state index is -3.45. The van der Waals surface area contributed by atoms with Crippen molar-refractivity contribution in [3.05, 3.63) is 0 Å². The van der Waals surface area contributed by atoms with E-state index in [2.05, 4.69) is 9.44 Å². The Morgan fingerprint density at radius 2 is 1.72 bits per heavy atom. The molecule has 0 aliphatic rings. The summed E-state index contributed by atoms with van der Waals surface area (Å²) in [6.45, 7) is 4.91.